The van der Waals surface area contributed by atoms with E-state index in [9.17, 15) is 13.2 Å². The number of anilines is 1. The first-order chi connectivity index (χ1) is 6.50. The molecule has 0 heterocycles. The van der Waals surface area contributed by atoms with Crippen molar-refractivity contribution in [3.8, 4) is 0 Å². The van der Waals surface area contributed by atoms with E-state index in [1.54, 1.807) is 0 Å². The molecule has 5 nitrogen and oxygen atoms in total. The van der Waals surface area contributed by atoms with Crippen molar-refractivity contribution in [3.05, 3.63) is 28.2 Å². The van der Waals surface area contributed by atoms with Crippen molar-refractivity contribution in [3.63, 3.8) is 0 Å². The number of aromatic carboxylic acids is 1. The number of hydrogen-bond donors (Lipinski definition) is 3. The molecule has 7 heteroatoms. The van der Waals surface area contributed by atoms with Gasteiger partial charge in [-0.3, -0.25) is 4.72 Å². The molecule has 0 unspecified atom stereocenters. The Hall–Kier alpha value is -1.08. The van der Waals surface area contributed by atoms with Crippen LogP contribution in [0.5, 0.6) is 0 Å². The number of thiol groups is 1. The Kier molecular flexibility index (Phi) is 3.48. The molecule has 0 spiro atoms. The fourth-order valence-electron chi connectivity index (χ4n) is 0.842. The molecule has 0 radical (unpaired) electrons. The van der Waals surface area contributed by atoms with Gasteiger partial charge in [0.15, 0.2) is 0 Å². The molecule has 0 saturated heterocycles. The maximum absolute atomic E-state index is 10.6. The van der Waals surface area contributed by atoms with Gasteiger partial charge >= 0.3 is 5.97 Å². The van der Waals surface area contributed by atoms with Crippen molar-refractivity contribution in [1.29, 1.82) is 0 Å². The van der Waals surface area contributed by atoms with Crippen LogP contribution in [-0.4, -0.2) is 19.5 Å². The van der Waals surface area contributed by atoms with Crippen LogP contribution in [0.4, 0.5) is 5.69 Å². The van der Waals surface area contributed by atoms with Gasteiger partial charge in [0.2, 0.25) is 10.9 Å². The van der Waals surface area contributed by atoms with Gasteiger partial charge in [-0.05, 0) is 34.1 Å². The fourth-order valence-corrected chi connectivity index (χ4v) is 1.72. The minimum Gasteiger partial charge on any atom is -0.478 e. The van der Waals surface area contributed by atoms with Crippen LogP contribution in [0.1, 0.15) is 10.4 Å². The summed E-state index contributed by atoms with van der Waals surface area (Å²) in [6, 6.07) is 4.07. The number of rotatable bonds is 3. The molecular weight excluding hydrogens is 274 g/mol. The third kappa shape index (κ3) is 2.71. The van der Waals surface area contributed by atoms with Crippen LogP contribution >= 0.6 is 15.9 Å². The van der Waals surface area contributed by atoms with E-state index in [4.69, 9.17) is 5.11 Å². The van der Waals surface area contributed by atoms with Crippen molar-refractivity contribution >= 4 is 38.5 Å². The maximum atomic E-state index is 10.6. The molecular formula is C7H6BrNO4S. The summed E-state index contributed by atoms with van der Waals surface area (Å²) in [7, 11) is -2.80. The minimum atomic E-state index is -2.80. The van der Waals surface area contributed by atoms with E-state index in [1.807, 2.05) is 0 Å². The van der Waals surface area contributed by atoms with Gasteiger partial charge in [-0.25, -0.2) is 13.2 Å². The second-order valence-electron chi connectivity index (χ2n) is 2.37. The Bertz CT molecular complexity index is 435. The molecule has 0 aromatic heterocycles. The molecule has 1 rings (SSSR count). The Labute approximate surface area is 90.0 Å². The summed E-state index contributed by atoms with van der Waals surface area (Å²) in [4.78, 5) is 10.6. The molecule has 14 heavy (non-hydrogen) atoms. The van der Waals surface area contributed by atoms with Crippen molar-refractivity contribution in [1.82, 2.24) is 0 Å². The molecule has 0 fully saturated rings. The average molecular weight is 280 g/mol. The summed E-state index contributed by atoms with van der Waals surface area (Å²) >= 11 is 3.09. The standard InChI is InChI=1S/C7H6BrNO4S/c8-5-2-1-4(7(10)11)3-6(5)9-14(12)13/h1-3,14H,(H,10,11)(H,9,12,13). The van der Waals surface area contributed by atoms with E-state index in [-0.39, 0.29) is 11.3 Å². The van der Waals surface area contributed by atoms with Crippen LogP contribution in [0.25, 0.3) is 0 Å². The number of nitrogens with one attached hydrogen (secondary N) is 1. The molecule has 76 valence electrons. The van der Waals surface area contributed by atoms with Gasteiger partial charge in [0, 0.05) is 4.47 Å². The molecule has 1 aromatic rings. The lowest BCUT2D eigenvalue weighted by Crippen LogP contribution is -2.00. The third-order valence-corrected chi connectivity index (χ3v) is 2.54. The van der Waals surface area contributed by atoms with E-state index in [0.29, 0.717) is 4.47 Å². The largest absolute Gasteiger partial charge is 0.478 e. The Morgan fingerprint density at radius 3 is 2.57 bits per heavy atom. The Morgan fingerprint density at radius 2 is 2.07 bits per heavy atom. The molecule has 0 aliphatic heterocycles. The van der Waals surface area contributed by atoms with Crippen LogP contribution in [0.2, 0.25) is 0 Å². The molecule has 0 aliphatic carbocycles. The predicted molar refractivity (Wildman–Crippen MR) is 55.0 cm³/mol. The van der Waals surface area contributed by atoms with Crippen LogP contribution in [0, 0.1) is 0 Å². The lowest BCUT2D eigenvalue weighted by atomic mass is 10.2. The molecule has 0 bridgehead atoms. The third-order valence-electron chi connectivity index (χ3n) is 1.43. The zero-order valence-corrected chi connectivity index (χ0v) is 9.21. The highest BCUT2D eigenvalue weighted by atomic mass is 79.9. The minimum absolute atomic E-state index is 0.0209. The highest BCUT2D eigenvalue weighted by Crippen LogP contribution is 2.23. The summed E-state index contributed by atoms with van der Waals surface area (Å²) in [6.07, 6.45) is 0. The molecule has 1 aromatic carbocycles. The summed E-state index contributed by atoms with van der Waals surface area (Å²) < 4.78 is 23.3. The quantitative estimate of drug-likeness (QED) is 0.723. The lowest BCUT2D eigenvalue weighted by molar-refractivity contribution is 0.0697. The van der Waals surface area contributed by atoms with Crippen LogP contribution < -0.4 is 4.72 Å². The van der Waals surface area contributed by atoms with E-state index in [1.165, 1.54) is 18.2 Å². The maximum Gasteiger partial charge on any atom is 0.335 e. The van der Waals surface area contributed by atoms with Gasteiger partial charge in [-0.1, -0.05) is 0 Å². The zero-order chi connectivity index (χ0) is 10.7. The number of carboxylic acids is 1. The van der Waals surface area contributed by atoms with E-state index >= 15 is 0 Å². The molecule has 0 amide bonds. The van der Waals surface area contributed by atoms with Crippen molar-refractivity contribution in [2.75, 3.05) is 4.72 Å². The Morgan fingerprint density at radius 1 is 1.43 bits per heavy atom. The van der Waals surface area contributed by atoms with Crippen molar-refractivity contribution < 1.29 is 18.3 Å². The normalized spacial score (nSPS) is 10.1. The summed E-state index contributed by atoms with van der Waals surface area (Å²) in [6.45, 7) is 0. The van der Waals surface area contributed by atoms with Crippen LogP contribution in [-0.2, 0) is 10.9 Å². The van der Waals surface area contributed by atoms with Gasteiger partial charge in [-0.2, -0.15) is 0 Å². The fraction of sp³-hybridized carbons (Fsp3) is 0. The number of halogens is 1. The second kappa shape index (κ2) is 4.43. The monoisotopic (exact) mass is 279 g/mol. The molecule has 0 aliphatic rings. The summed E-state index contributed by atoms with van der Waals surface area (Å²) in [5.41, 5.74) is 0.230. The Balaban J connectivity index is 3.14. The zero-order valence-electron chi connectivity index (χ0n) is 6.73. The number of carboxylic acid groups (broad SMARTS) is 1. The smallest absolute Gasteiger partial charge is 0.335 e. The molecule has 0 atom stereocenters. The number of hydrogen-bond acceptors (Lipinski definition) is 3. The van der Waals surface area contributed by atoms with Crippen molar-refractivity contribution in [2.45, 2.75) is 0 Å². The van der Waals surface area contributed by atoms with Gasteiger partial charge in [0.25, 0.3) is 0 Å². The van der Waals surface area contributed by atoms with Gasteiger partial charge < -0.3 is 5.11 Å². The first kappa shape index (κ1) is 11.0. The first-order valence-electron chi connectivity index (χ1n) is 3.44. The highest BCUT2D eigenvalue weighted by molar-refractivity contribution is 9.10. The van der Waals surface area contributed by atoms with Crippen LogP contribution in [0.15, 0.2) is 22.7 Å². The summed E-state index contributed by atoms with van der Waals surface area (Å²) in [5.74, 6) is -1.11. The number of carbonyl (C=O) groups is 1. The topological polar surface area (TPSA) is 83.5 Å². The second-order valence-corrected chi connectivity index (χ2v) is 3.96. The predicted octanol–water partition coefficient (Wildman–Crippen LogP) is 1.09. The average Bonchev–Trinajstić information content (AvgIpc) is 2.07. The van der Waals surface area contributed by atoms with Gasteiger partial charge in [-0.15, -0.1) is 0 Å². The SMILES string of the molecule is O=C(O)c1ccc(Br)c(N[SH](=O)=O)c1. The van der Waals surface area contributed by atoms with Gasteiger partial charge in [0.05, 0.1) is 11.3 Å². The van der Waals surface area contributed by atoms with Crippen molar-refractivity contribution in [2.24, 2.45) is 0 Å². The summed E-state index contributed by atoms with van der Waals surface area (Å²) in [5, 5.41) is 8.64. The van der Waals surface area contributed by atoms with Gasteiger partial charge in [0.1, 0.15) is 0 Å². The van der Waals surface area contributed by atoms with Crippen LogP contribution in [0.3, 0.4) is 0 Å². The lowest BCUT2D eigenvalue weighted by Gasteiger charge is -2.03. The highest BCUT2D eigenvalue weighted by Gasteiger charge is 2.06. The number of benzene rings is 1. The van der Waals surface area contributed by atoms with E-state index in [0.717, 1.165) is 0 Å². The first-order valence-corrected chi connectivity index (χ1v) is 5.41. The van der Waals surface area contributed by atoms with E-state index < -0.39 is 16.9 Å². The van der Waals surface area contributed by atoms with E-state index in [2.05, 4.69) is 20.7 Å². The molecule has 2 N–H and O–H groups in total. The molecule has 0 saturated carbocycles.